The number of hydrogen-bond acceptors (Lipinski definition) is 6. The van der Waals surface area contributed by atoms with Gasteiger partial charge >= 0.3 is 0 Å². The highest BCUT2D eigenvalue weighted by Crippen LogP contribution is 2.37. The second-order valence-corrected chi connectivity index (χ2v) is 7.43. The zero-order valence-electron chi connectivity index (χ0n) is 16.9. The van der Waals surface area contributed by atoms with Crippen molar-refractivity contribution in [2.45, 2.75) is 44.2 Å². The summed E-state index contributed by atoms with van der Waals surface area (Å²) in [5.74, 6) is -0.421. The first-order chi connectivity index (χ1) is 14.1. The van der Waals surface area contributed by atoms with Crippen molar-refractivity contribution in [3.8, 4) is 0 Å². The molecule has 1 heterocycles. The molecule has 3 rings (SSSR count). The maximum atomic E-state index is 11.3. The molecule has 2 aromatic rings. The molecule has 2 aromatic carbocycles. The smallest absolute Gasteiger partial charge is 0.186 e. The predicted molar refractivity (Wildman–Crippen MR) is 108 cm³/mol. The summed E-state index contributed by atoms with van der Waals surface area (Å²) in [6.45, 7) is 2.35. The molecule has 0 bridgehead atoms. The highest BCUT2D eigenvalue weighted by molar-refractivity contribution is 5.14. The number of aliphatic hydroxyl groups is 2. The van der Waals surface area contributed by atoms with Gasteiger partial charge in [-0.05, 0) is 11.1 Å². The lowest BCUT2D eigenvalue weighted by Crippen LogP contribution is -2.66. The van der Waals surface area contributed by atoms with Crippen LogP contribution in [0, 0.1) is 5.92 Å². The first-order valence-electron chi connectivity index (χ1n) is 9.87. The van der Waals surface area contributed by atoms with E-state index >= 15 is 0 Å². The van der Waals surface area contributed by atoms with Crippen LogP contribution in [-0.4, -0.2) is 54.6 Å². The molecule has 1 aliphatic heterocycles. The Bertz CT molecular complexity index is 725. The van der Waals surface area contributed by atoms with Crippen LogP contribution in [0.2, 0.25) is 0 Å². The Labute approximate surface area is 172 Å². The summed E-state index contributed by atoms with van der Waals surface area (Å²) < 4.78 is 23.3. The number of methoxy groups -OCH3 is 1. The van der Waals surface area contributed by atoms with Crippen LogP contribution in [0.5, 0.6) is 0 Å². The van der Waals surface area contributed by atoms with Gasteiger partial charge in [-0.25, -0.2) is 0 Å². The molecule has 2 N–H and O–H groups in total. The molecule has 158 valence electrons. The second-order valence-electron chi connectivity index (χ2n) is 7.43. The number of ether oxygens (including phenoxy) is 4. The number of hydrogen-bond donors (Lipinski definition) is 2. The van der Waals surface area contributed by atoms with E-state index in [9.17, 15) is 10.2 Å². The molecule has 2 unspecified atom stereocenters. The molecule has 1 fully saturated rings. The van der Waals surface area contributed by atoms with E-state index in [0.29, 0.717) is 6.61 Å². The third-order valence-electron chi connectivity index (χ3n) is 5.55. The maximum Gasteiger partial charge on any atom is 0.186 e. The minimum Gasteiger partial charge on any atom is -0.393 e. The van der Waals surface area contributed by atoms with Crippen molar-refractivity contribution in [3.05, 3.63) is 71.8 Å². The Morgan fingerprint density at radius 1 is 0.966 bits per heavy atom. The summed E-state index contributed by atoms with van der Waals surface area (Å²) >= 11 is 0. The van der Waals surface area contributed by atoms with E-state index in [-0.39, 0.29) is 13.2 Å². The van der Waals surface area contributed by atoms with Gasteiger partial charge in [0.1, 0.15) is 11.7 Å². The Morgan fingerprint density at radius 3 is 2.10 bits per heavy atom. The van der Waals surface area contributed by atoms with Crippen LogP contribution < -0.4 is 0 Å². The molecular formula is C23H30O6. The third kappa shape index (κ3) is 5.22. The van der Waals surface area contributed by atoms with Gasteiger partial charge in [0, 0.05) is 13.0 Å². The van der Waals surface area contributed by atoms with Crippen LogP contribution in [0.4, 0.5) is 0 Å². The van der Waals surface area contributed by atoms with E-state index in [4.69, 9.17) is 18.9 Å². The molecule has 0 spiro atoms. The highest BCUT2D eigenvalue weighted by atomic mass is 16.7. The van der Waals surface area contributed by atoms with Crippen molar-refractivity contribution in [2.24, 2.45) is 5.92 Å². The average molecular weight is 402 g/mol. The molecule has 1 aliphatic rings. The lowest BCUT2D eigenvalue weighted by atomic mass is 9.78. The van der Waals surface area contributed by atoms with Gasteiger partial charge in [0.15, 0.2) is 6.29 Å². The van der Waals surface area contributed by atoms with Crippen molar-refractivity contribution < 1.29 is 29.2 Å². The summed E-state index contributed by atoms with van der Waals surface area (Å²) in [7, 11) is 1.50. The number of aliphatic hydroxyl groups excluding tert-OH is 1. The van der Waals surface area contributed by atoms with Crippen molar-refractivity contribution in [1.82, 2.24) is 0 Å². The predicted octanol–water partition coefficient (Wildman–Crippen LogP) is 2.52. The normalized spacial score (nSPS) is 29.7. The topological polar surface area (TPSA) is 77.4 Å². The van der Waals surface area contributed by atoms with Gasteiger partial charge in [-0.15, -0.1) is 0 Å². The van der Waals surface area contributed by atoms with Gasteiger partial charge in [-0.3, -0.25) is 0 Å². The zero-order valence-corrected chi connectivity index (χ0v) is 16.9. The van der Waals surface area contributed by atoms with E-state index in [0.717, 1.165) is 11.1 Å². The second kappa shape index (κ2) is 10.3. The molecule has 5 atom stereocenters. The van der Waals surface area contributed by atoms with E-state index < -0.39 is 36.6 Å². The van der Waals surface area contributed by atoms with Gasteiger partial charge in [0.2, 0.25) is 0 Å². The molecule has 0 aromatic heterocycles. The van der Waals surface area contributed by atoms with Crippen LogP contribution in [0.15, 0.2) is 60.7 Å². The zero-order chi connectivity index (χ0) is 20.7. The Morgan fingerprint density at radius 2 is 1.55 bits per heavy atom. The minimum absolute atomic E-state index is 0.267. The third-order valence-corrected chi connectivity index (χ3v) is 5.55. The lowest BCUT2D eigenvalue weighted by Gasteiger charge is -2.49. The van der Waals surface area contributed by atoms with E-state index in [1.165, 1.54) is 7.11 Å². The standard InChI is InChI=1S/C23H30O6/c1-17-20(15-27-13-18-9-5-3-6-10-18)29-22(26-2)21(23(17,25)16-24)28-14-19-11-7-4-8-12-19/h3-12,17,20-22,24-25H,13-16H2,1-2H3/t17-,20?,21?,22+,23-/m0/s1. The van der Waals surface area contributed by atoms with Gasteiger partial charge in [0.25, 0.3) is 0 Å². The SMILES string of the molecule is CO[C@@H]1OC(COCc2ccccc2)[C@H](C)[C@@](O)(CO)C1OCc1ccccc1. The average Bonchev–Trinajstić information content (AvgIpc) is 2.77. The Hall–Kier alpha value is -1.80. The molecule has 0 amide bonds. The van der Waals surface area contributed by atoms with Crippen LogP contribution in [0.3, 0.4) is 0 Å². The Kier molecular flexibility index (Phi) is 7.77. The minimum atomic E-state index is -1.52. The first kappa shape index (κ1) is 21.9. The van der Waals surface area contributed by atoms with Gasteiger partial charge in [-0.1, -0.05) is 67.6 Å². The summed E-state index contributed by atoms with van der Waals surface area (Å²) in [6, 6.07) is 19.5. The van der Waals surface area contributed by atoms with Crippen molar-refractivity contribution in [1.29, 1.82) is 0 Å². The largest absolute Gasteiger partial charge is 0.393 e. The molecule has 6 nitrogen and oxygen atoms in total. The molecular weight excluding hydrogens is 372 g/mol. The molecule has 1 saturated heterocycles. The molecule has 0 radical (unpaired) electrons. The lowest BCUT2D eigenvalue weighted by molar-refractivity contribution is -0.331. The Balaban J connectivity index is 1.65. The number of rotatable bonds is 9. The molecule has 0 aliphatic carbocycles. The number of benzene rings is 2. The van der Waals surface area contributed by atoms with Crippen molar-refractivity contribution >= 4 is 0 Å². The molecule has 6 heteroatoms. The fourth-order valence-electron chi connectivity index (χ4n) is 3.63. The van der Waals surface area contributed by atoms with E-state index in [1.807, 2.05) is 67.6 Å². The fraction of sp³-hybridized carbons (Fsp3) is 0.478. The summed E-state index contributed by atoms with van der Waals surface area (Å²) in [6.07, 6.45) is -2.10. The molecule has 0 saturated carbocycles. The van der Waals surface area contributed by atoms with Crippen LogP contribution in [-0.2, 0) is 32.2 Å². The maximum absolute atomic E-state index is 11.3. The van der Waals surface area contributed by atoms with Crippen LogP contribution in [0.1, 0.15) is 18.1 Å². The van der Waals surface area contributed by atoms with Gasteiger partial charge < -0.3 is 29.2 Å². The highest BCUT2D eigenvalue weighted by Gasteiger charge is 2.54. The summed E-state index contributed by atoms with van der Waals surface area (Å²) in [5.41, 5.74) is 0.499. The van der Waals surface area contributed by atoms with Crippen LogP contribution >= 0.6 is 0 Å². The summed E-state index contributed by atoms with van der Waals surface area (Å²) in [5, 5.41) is 21.3. The first-order valence-corrected chi connectivity index (χ1v) is 9.87. The van der Waals surface area contributed by atoms with E-state index in [2.05, 4.69) is 0 Å². The van der Waals surface area contributed by atoms with Crippen molar-refractivity contribution in [2.75, 3.05) is 20.3 Å². The van der Waals surface area contributed by atoms with Crippen molar-refractivity contribution in [3.63, 3.8) is 0 Å². The monoisotopic (exact) mass is 402 g/mol. The summed E-state index contributed by atoms with van der Waals surface area (Å²) in [4.78, 5) is 0. The van der Waals surface area contributed by atoms with E-state index in [1.54, 1.807) is 0 Å². The van der Waals surface area contributed by atoms with Crippen LogP contribution in [0.25, 0.3) is 0 Å². The van der Waals surface area contributed by atoms with Gasteiger partial charge in [-0.2, -0.15) is 0 Å². The quantitative estimate of drug-likeness (QED) is 0.671. The van der Waals surface area contributed by atoms with Gasteiger partial charge in [0.05, 0.1) is 32.5 Å². The molecule has 29 heavy (non-hydrogen) atoms. The fourth-order valence-corrected chi connectivity index (χ4v) is 3.63.